The van der Waals surface area contributed by atoms with Gasteiger partial charge in [0.05, 0.1) is 24.2 Å². The Morgan fingerprint density at radius 2 is 2.31 bits per heavy atom. The molecule has 1 atom stereocenters. The van der Waals surface area contributed by atoms with Crippen LogP contribution in [0.4, 0.5) is 0 Å². The molecule has 2 N–H and O–H groups in total. The summed E-state index contributed by atoms with van der Waals surface area (Å²) in [5.74, 6) is 0.536. The number of aliphatic hydroxyl groups is 1. The van der Waals surface area contributed by atoms with Gasteiger partial charge in [0.25, 0.3) is 0 Å². The third-order valence-electron chi connectivity index (χ3n) is 2.14. The van der Waals surface area contributed by atoms with Crippen LogP contribution in [0.15, 0.2) is 22.7 Å². The molecule has 1 unspecified atom stereocenters. The largest absolute Gasteiger partial charge is 0.496 e. The van der Waals surface area contributed by atoms with Crippen LogP contribution in [0.3, 0.4) is 0 Å². The summed E-state index contributed by atoms with van der Waals surface area (Å²) in [6.45, 7) is 1.28. The average molecular weight is 288 g/mol. The summed E-state index contributed by atoms with van der Waals surface area (Å²) in [6.07, 6.45) is 0. The number of halogens is 1. The molecule has 0 fully saturated rings. The Morgan fingerprint density at radius 3 is 2.75 bits per heavy atom. The maximum Gasteiger partial charge on any atom is 0.217 e. The molecular weight excluding hydrogens is 274 g/mol. The van der Waals surface area contributed by atoms with Crippen LogP contribution in [-0.2, 0) is 4.79 Å². The lowest BCUT2D eigenvalue weighted by Gasteiger charge is -2.16. The van der Waals surface area contributed by atoms with E-state index in [0.717, 1.165) is 10.0 Å². The summed E-state index contributed by atoms with van der Waals surface area (Å²) in [7, 11) is 1.58. The Hall–Kier alpha value is -1.07. The number of hydrogen-bond donors (Lipinski definition) is 2. The summed E-state index contributed by atoms with van der Waals surface area (Å²) in [6, 6.07) is 5.01. The average Bonchev–Trinajstić information content (AvgIpc) is 2.25. The van der Waals surface area contributed by atoms with Gasteiger partial charge in [0.2, 0.25) is 5.91 Å². The van der Waals surface area contributed by atoms with Gasteiger partial charge in [-0.2, -0.15) is 0 Å². The molecule has 0 aliphatic rings. The van der Waals surface area contributed by atoms with Crippen molar-refractivity contribution in [1.82, 2.24) is 5.32 Å². The Labute approximate surface area is 103 Å². The first-order valence-electron chi connectivity index (χ1n) is 4.80. The van der Waals surface area contributed by atoms with Crippen LogP contribution in [0.25, 0.3) is 0 Å². The van der Waals surface area contributed by atoms with Gasteiger partial charge in [-0.1, -0.05) is 6.07 Å². The van der Waals surface area contributed by atoms with Crippen molar-refractivity contribution in [1.29, 1.82) is 0 Å². The molecule has 1 aromatic rings. The van der Waals surface area contributed by atoms with Gasteiger partial charge in [0.15, 0.2) is 0 Å². The minimum Gasteiger partial charge on any atom is -0.496 e. The van der Waals surface area contributed by atoms with Crippen molar-refractivity contribution in [2.24, 2.45) is 0 Å². The van der Waals surface area contributed by atoms with Gasteiger partial charge in [0, 0.05) is 6.92 Å². The van der Waals surface area contributed by atoms with E-state index in [1.54, 1.807) is 19.2 Å². The standard InChI is InChI=1S/C11H14BrNO3/c1-7(15)13-10(6-14)8-3-4-11(16-2)9(12)5-8/h3-5,10,14H,6H2,1-2H3,(H,13,15). The number of benzene rings is 1. The van der Waals surface area contributed by atoms with Crippen LogP contribution in [0, 0.1) is 0 Å². The van der Waals surface area contributed by atoms with Gasteiger partial charge >= 0.3 is 0 Å². The van der Waals surface area contributed by atoms with Gasteiger partial charge in [-0.25, -0.2) is 0 Å². The molecule has 0 heterocycles. The van der Waals surface area contributed by atoms with Crippen molar-refractivity contribution in [3.05, 3.63) is 28.2 Å². The van der Waals surface area contributed by atoms with Crippen molar-refractivity contribution in [2.45, 2.75) is 13.0 Å². The van der Waals surface area contributed by atoms with Gasteiger partial charge in [0.1, 0.15) is 5.75 Å². The minimum absolute atomic E-state index is 0.141. The summed E-state index contributed by atoms with van der Waals surface area (Å²) in [5.41, 5.74) is 0.824. The molecule has 0 spiro atoms. The maximum atomic E-state index is 10.9. The number of aliphatic hydroxyl groups excluding tert-OH is 1. The summed E-state index contributed by atoms with van der Waals surface area (Å²) in [5, 5.41) is 11.8. The van der Waals surface area contributed by atoms with E-state index in [1.165, 1.54) is 6.92 Å². The quantitative estimate of drug-likeness (QED) is 0.885. The third-order valence-corrected chi connectivity index (χ3v) is 2.76. The fraction of sp³-hybridized carbons (Fsp3) is 0.364. The van der Waals surface area contributed by atoms with E-state index in [2.05, 4.69) is 21.2 Å². The third kappa shape index (κ3) is 3.21. The van der Waals surface area contributed by atoms with Crippen LogP contribution in [-0.4, -0.2) is 24.7 Å². The highest BCUT2D eigenvalue weighted by Crippen LogP contribution is 2.27. The van der Waals surface area contributed by atoms with Crippen LogP contribution >= 0.6 is 15.9 Å². The van der Waals surface area contributed by atoms with E-state index in [4.69, 9.17) is 4.74 Å². The summed E-state index contributed by atoms with van der Waals surface area (Å²) < 4.78 is 5.89. The van der Waals surface area contributed by atoms with E-state index in [0.29, 0.717) is 5.75 Å². The molecule has 1 rings (SSSR count). The Balaban J connectivity index is 2.93. The molecule has 1 amide bonds. The molecule has 88 valence electrons. The van der Waals surface area contributed by atoms with Gasteiger partial charge in [-0.3, -0.25) is 4.79 Å². The summed E-state index contributed by atoms with van der Waals surface area (Å²) in [4.78, 5) is 10.9. The highest BCUT2D eigenvalue weighted by molar-refractivity contribution is 9.10. The van der Waals surface area contributed by atoms with Crippen molar-refractivity contribution >= 4 is 21.8 Å². The molecule has 0 saturated carbocycles. The van der Waals surface area contributed by atoms with E-state index < -0.39 is 0 Å². The van der Waals surface area contributed by atoms with E-state index >= 15 is 0 Å². The second-order valence-electron chi connectivity index (χ2n) is 3.33. The molecular formula is C11H14BrNO3. The molecule has 16 heavy (non-hydrogen) atoms. The predicted molar refractivity (Wildman–Crippen MR) is 64.3 cm³/mol. The van der Waals surface area contributed by atoms with Gasteiger partial charge in [-0.15, -0.1) is 0 Å². The van der Waals surface area contributed by atoms with Crippen molar-refractivity contribution in [3.63, 3.8) is 0 Å². The first-order valence-corrected chi connectivity index (χ1v) is 5.59. The lowest BCUT2D eigenvalue weighted by atomic mass is 10.1. The van der Waals surface area contributed by atoms with Crippen LogP contribution in [0.1, 0.15) is 18.5 Å². The van der Waals surface area contributed by atoms with Crippen LogP contribution in [0.2, 0.25) is 0 Å². The van der Waals surface area contributed by atoms with Crippen molar-refractivity contribution in [3.8, 4) is 5.75 Å². The second kappa shape index (κ2) is 5.86. The molecule has 0 aromatic heterocycles. The van der Waals surface area contributed by atoms with Crippen LogP contribution < -0.4 is 10.1 Å². The second-order valence-corrected chi connectivity index (χ2v) is 4.18. The van der Waals surface area contributed by atoms with E-state index in [9.17, 15) is 9.90 Å². The molecule has 0 radical (unpaired) electrons. The smallest absolute Gasteiger partial charge is 0.217 e. The number of hydrogen-bond acceptors (Lipinski definition) is 3. The molecule has 5 heteroatoms. The molecule has 0 bridgehead atoms. The number of ether oxygens (including phenoxy) is 1. The zero-order valence-electron chi connectivity index (χ0n) is 9.16. The molecule has 0 aliphatic carbocycles. The zero-order chi connectivity index (χ0) is 12.1. The predicted octanol–water partition coefficient (Wildman–Crippen LogP) is 1.63. The fourth-order valence-electron chi connectivity index (χ4n) is 1.38. The molecule has 1 aromatic carbocycles. The van der Waals surface area contributed by atoms with Crippen molar-refractivity contribution < 1.29 is 14.6 Å². The lowest BCUT2D eigenvalue weighted by molar-refractivity contribution is -0.120. The van der Waals surface area contributed by atoms with Crippen LogP contribution in [0.5, 0.6) is 5.75 Å². The van der Waals surface area contributed by atoms with Crippen molar-refractivity contribution in [2.75, 3.05) is 13.7 Å². The fourth-order valence-corrected chi connectivity index (χ4v) is 1.94. The first-order chi connectivity index (χ1) is 7.58. The Bertz CT molecular complexity index is 381. The van der Waals surface area contributed by atoms with E-state index in [-0.39, 0.29) is 18.6 Å². The normalized spacial score (nSPS) is 12.0. The zero-order valence-corrected chi connectivity index (χ0v) is 10.7. The molecule has 4 nitrogen and oxygen atoms in total. The lowest BCUT2D eigenvalue weighted by Crippen LogP contribution is -2.28. The van der Waals surface area contributed by atoms with Gasteiger partial charge < -0.3 is 15.2 Å². The Morgan fingerprint density at radius 1 is 1.62 bits per heavy atom. The molecule has 0 saturated heterocycles. The SMILES string of the molecule is COc1ccc(C(CO)NC(C)=O)cc1Br. The maximum absolute atomic E-state index is 10.9. The number of amides is 1. The van der Waals surface area contributed by atoms with Gasteiger partial charge in [-0.05, 0) is 33.6 Å². The highest BCUT2D eigenvalue weighted by atomic mass is 79.9. The Kier molecular flexibility index (Phi) is 4.76. The topological polar surface area (TPSA) is 58.6 Å². The number of carbonyl (C=O) groups excluding carboxylic acids is 1. The van der Waals surface area contributed by atoms with E-state index in [1.807, 2.05) is 6.07 Å². The number of rotatable bonds is 4. The number of nitrogens with one attached hydrogen (secondary N) is 1. The summed E-state index contributed by atoms with van der Waals surface area (Å²) >= 11 is 3.35. The number of methoxy groups -OCH3 is 1. The number of carbonyl (C=O) groups is 1. The first kappa shape index (κ1) is 13.0. The monoisotopic (exact) mass is 287 g/mol. The molecule has 0 aliphatic heterocycles. The minimum atomic E-state index is -0.389. The highest BCUT2D eigenvalue weighted by Gasteiger charge is 2.12.